The van der Waals surface area contributed by atoms with E-state index >= 15 is 0 Å². The lowest BCUT2D eigenvalue weighted by atomic mass is 10.1. The molecule has 0 saturated heterocycles. The summed E-state index contributed by atoms with van der Waals surface area (Å²) in [6.07, 6.45) is 0.205. The number of ether oxygens (including phenoxy) is 2. The molecule has 114 valence electrons. The lowest BCUT2D eigenvalue weighted by Crippen LogP contribution is -2.45. The molecule has 21 heavy (non-hydrogen) atoms. The number of aliphatic hydroxyl groups is 1. The molecule has 1 aromatic rings. The molecular formula is C15H19NO5. The van der Waals surface area contributed by atoms with Crippen LogP contribution in [-0.4, -0.2) is 36.7 Å². The number of hydrogen-bond donors (Lipinski definition) is 1. The van der Waals surface area contributed by atoms with Crippen LogP contribution in [0.4, 0.5) is 5.69 Å². The summed E-state index contributed by atoms with van der Waals surface area (Å²) >= 11 is 0. The van der Waals surface area contributed by atoms with Crippen LogP contribution < -0.4 is 9.64 Å². The van der Waals surface area contributed by atoms with Crippen LogP contribution in [0.25, 0.3) is 0 Å². The summed E-state index contributed by atoms with van der Waals surface area (Å²) in [7, 11) is 1.34. The Labute approximate surface area is 123 Å². The highest BCUT2D eigenvalue weighted by molar-refractivity contribution is 5.99. The van der Waals surface area contributed by atoms with E-state index in [0.717, 1.165) is 5.56 Å². The van der Waals surface area contributed by atoms with Crippen LogP contribution in [0.1, 0.15) is 25.3 Å². The Kier molecular flexibility index (Phi) is 4.80. The standard InChI is InChI=1S/C15H19NO5/c1-10-15(19)16(7-3-4-14(18)20-2)12-6-5-11(9-17)8-13(12)21-10/h5-6,8,10,17H,3-4,7,9H2,1-2H3. The Balaban J connectivity index is 2.16. The second kappa shape index (κ2) is 6.58. The number of amides is 1. The summed E-state index contributed by atoms with van der Waals surface area (Å²) in [5, 5.41) is 9.17. The molecule has 1 amide bonds. The highest BCUT2D eigenvalue weighted by Gasteiger charge is 2.31. The topological polar surface area (TPSA) is 76.1 Å². The molecule has 1 unspecified atom stereocenters. The van der Waals surface area contributed by atoms with Gasteiger partial charge in [0.1, 0.15) is 5.75 Å². The van der Waals surface area contributed by atoms with Gasteiger partial charge < -0.3 is 19.5 Å². The average Bonchev–Trinajstić information content (AvgIpc) is 2.50. The minimum atomic E-state index is -0.579. The van der Waals surface area contributed by atoms with Crippen LogP contribution in [-0.2, 0) is 20.9 Å². The number of fused-ring (bicyclic) bond motifs is 1. The van der Waals surface area contributed by atoms with Crippen molar-refractivity contribution in [1.29, 1.82) is 0 Å². The highest BCUT2D eigenvalue weighted by Crippen LogP contribution is 2.35. The second-order valence-corrected chi connectivity index (χ2v) is 4.89. The largest absolute Gasteiger partial charge is 0.479 e. The number of anilines is 1. The molecule has 6 heteroatoms. The van der Waals surface area contributed by atoms with Crippen molar-refractivity contribution in [3.05, 3.63) is 23.8 Å². The molecule has 1 aromatic carbocycles. The maximum Gasteiger partial charge on any atom is 0.305 e. The normalized spacial score (nSPS) is 17.2. The van der Waals surface area contributed by atoms with Gasteiger partial charge in [0.05, 0.1) is 19.4 Å². The molecule has 1 N–H and O–H groups in total. The minimum absolute atomic E-state index is 0.0820. The molecule has 1 aliphatic heterocycles. The number of rotatable bonds is 5. The summed E-state index contributed by atoms with van der Waals surface area (Å²) in [4.78, 5) is 25.0. The molecule has 1 heterocycles. The first-order valence-electron chi connectivity index (χ1n) is 6.85. The van der Waals surface area contributed by atoms with Crippen molar-refractivity contribution in [2.75, 3.05) is 18.6 Å². The molecule has 0 saturated carbocycles. The predicted octanol–water partition coefficient (Wildman–Crippen LogP) is 1.25. The van der Waals surface area contributed by atoms with E-state index in [4.69, 9.17) is 9.84 Å². The van der Waals surface area contributed by atoms with Crippen molar-refractivity contribution in [3.8, 4) is 5.75 Å². The summed E-state index contributed by atoms with van der Waals surface area (Å²) < 4.78 is 10.2. The van der Waals surface area contributed by atoms with E-state index in [2.05, 4.69) is 4.74 Å². The average molecular weight is 293 g/mol. The zero-order valence-electron chi connectivity index (χ0n) is 12.2. The number of hydrogen-bond acceptors (Lipinski definition) is 5. The molecular weight excluding hydrogens is 274 g/mol. The molecule has 6 nitrogen and oxygen atoms in total. The number of carbonyl (C=O) groups is 2. The van der Waals surface area contributed by atoms with Crippen LogP contribution in [0.2, 0.25) is 0 Å². The van der Waals surface area contributed by atoms with E-state index in [1.54, 1.807) is 30.0 Å². The molecule has 1 aliphatic rings. The van der Waals surface area contributed by atoms with Gasteiger partial charge in [-0.05, 0) is 31.0 Å². The van der Waals surface area contributed by atoms with Gasteiger partial charge in [-0.25, -0.2) is 0 Å². The minimum Gasteiger partial charge on any atom is -0.479 e. The first-order chi connectivity index (χ1) is 10.1. The molecule has 0 spiro atoms. The van der Waals surface area contributed by atoms with E-state index in [0.29, 0.717) is 24.4 Å². The fraction of sp³-hybridized carbons (Fsp3) is 0.467. The maximum absolute atomic E-state index is 12.2. The van der Waals surface area contributed by atoms with Crippen molar-refractivity contribution < 1.29 is 24.2 Å². The first-order valence-corrected chi connectivity index (χ1v) is 6.85. The van der Waals surface area contributed by atoms with E-state index in [-0.39, 0.29) is 24.9 Å². The Morgan fingerprint density at radius 1 is 1.48 bits per heavy atom. The van der Waals surface area contributed by atoms with Crippen LogP contribution in [0.5, 0.6) is 5.75 Å². The predicted molar refractivity (Wildman–Crippen MR) is 76.1 cm³/mol. The Morgan fingerprint density at radius 2 is 2.24 bits per heavy atom. The lowest BCUT2D eigenvalue weighted by molar-refractivity contribution is -0.140. The molecule has 0 aliphatic carbocycles. The molecule has 0 bridgehead atoms. The number of nitrogens with zero attached hydrogens (tertiary/aromatic N) is 1. The SMILES string of the molecule is COC(=O)CCCN1C(=O)C(C)Oc2cc(CO)ccc21. The van der Waals surface area contributed by atoms with Crippen molar-refractivity contribution in [2.24, 2.45) is 0 Å². The van der Waals surface area contributed by atoms with Gasteiger partial charge in [-0.1, -0.05) is 6.07 Å². The Bertz CT molecular complexity index is 543. The van der Waals surface area contributed by atoms with Gasteiger partial charge >= 0.3 is 5.97 Å². The van der Waals surface area contributed by atoms with Gasteiger partial charge in [0.2, 0.25) is 0 Å². The summed E-state index contributed by atoms with van der Waals surface area (Å²) in [5.74, 6) is 0.149. The Morgan fingerprint density at radius 3 is 2.90 bits per heavy atom. The number of aliphatic hydroxyl groups excluding tert-OH is 1. The third kappa shape index (κ3) is 3.33. The highest BCUT2D eigenvalue weighted by atomic mass is 16.5. The van der Waals surface area contributed by atoms with Crippen molar-refractivity contribution >= 4 is 17.6 Å². The van der Waals surface area contributed by atoms with Gasteiger partial charge in [-0.15, -0.1) is 0 Å². The van der Waals surface area contributed by atoms with Crippen LogP contribution >= 0.6 is 0 Å². The molecule has 0 aromatic heterocycles. The number of carbonyl (C=O) groups excluding carboxylic acids is 2. The van der Waals surface area contributed by atoms with Gasteiger partial charge in [0, 0.05) is 13.0 Å². The maximum atomic E-state index is 12.2. The van der Waals surface area contributed by atoms with Gasteiger partial charge in [-0.3, -0.25) is 9.59 Å². The van der Waals surface area contributed by atoms with Crippen molar-refractivity contribution in [3.63, 3.8) is 0 Å². The van der Waals surface area contributed by atoms with Gasteiger partial charge in [0.25, 0.3) is 5.91 Å². The fourth-order valence-corrected chi connectivity index (χ4v) is 2.27. The third-order valence-corrected chi connectivity index (χ3v) is 3.41. The fourth-order valence-electron chi connectivity index (χ4n) is 2.27. The smallest absolute Gasteiger partial charge is 0.305 e. The molecule has 0 fully saturated rings. The lowest BCUT2D eigenvalue weighted by Gasteiger charge is -2.33. The summed E-state index contributed by atoms with van der Waals surface area (Å²) in [6, 6.07) is 5.23. The summed E-state index contributed by atoms with van der Waals surface area (Å²) in [5.41, 5.74) is 1.39. The van der Waals surface area contributed by atoms with Crippen molar-refractivity contribution in [1.82, 2.24) is 0 Å². The van der Waals surface area contributed by atoms with Crippen LogP contribution in [0.3, 0.4) is 0 Å². The van der Waals surface area contributed by atoms with Gasteiger partial charge in [-0.2, -0.15) is 0 Å². The zero-order valence-corrected chi connectivity index (χ0v) is 12.2. The molecule has 1 atom stereocenters. The second-order valence-electron chi connectivity index (χ2n) is 4.89. The zero-order chi connectivity index (χ0) is 15.4. The van der Waals surface area contributed by atoms with E-state index in [1.807, 2.05) is 0 Å². The number of esters is 1. The number of benzene rings is 1. The number of methoxy groups -OCH3 is 1. The molecule has 0 radical (unpaired) electrons. The summed E-state index contributed by atoms with van der Waals surface area (Å²) in [6.45, 7) is 2.03. The molecule has 2 rings (SSSR count). The van der Waals surface area contributed by atoms with E-state index in [1.165, 1.54) is 7.11 Å². The van der Waals surface area contributed by atoms with Crippen LogP contribution in [0.15, 0.2) is 18.2 Å². The van der Waals surface area contributed by atoms with E-state index in [9.17, 15) is 9.59 Å². The van der Waals surface area contributed by atoms with Gasteiger partial charge in [0.15, 0.2) is 6.10 Å². The first kappa shape index (κ1) is 15.3. The monoisotopic (exact) mass is 293 g/mol. The Hall–Kier alpha value is -2.08. The van der Waals surface area contributed by atoms with Crippen LogP contribution in [0, 0.1) is 0 Å². The van der Waals surface area contributed by atoms with E-state index < -0.39 is 6.10 Å². The third-order valence-electron chi connectivity index (χ3n) is 3.41. The quantitative estimate of drug-likeness (QED) is 0.827. The van der Waals surface area contributed by atoms with Crippen molar-refractivity contribution in [2.45, 2.75) is 32.5 Å².